The van der Waals surface area contributed by atoms with Crippen molar-refractivity contribution in [1.82, 2.24) is 34.7 Å². The monoisotopic (exact) mass is 624 g/mol. The zero-order valence-electron chi connectivity index (χ0n) is 24.5. The molecule has 0 aliphatic carbocycles. The van der Waals surface area contributed by atoms with Crippen LogP contribution in [0.1, 0.15) is 24.2 Å². The van der Waals surface area contributed by atoms with E-state index in [-0.39, 0.29) is 54.7 Å². The van der Waals surface area contributed by atoms with Crippen LogP contribution < -0.4 is 20.9 Å². The van der Waals surface area contributed by atoms with Gasteiger partial charge in [0.15, 0.2) is 5.65 Å². The first-order valence-corrected chi connectivity index (χ1v) is 13.5. The van der Waals surface area contributed by atoms with Crippen LogP contribution in [0.3, 0.4) is 0 Å². The van der Waals surface area contributed by atoms with Crippen molar-refractivity contribution in [3.8, 4) is 5.88 Å². The van der Waals surface area contributed by atoms with Gasteiger partial charge in [-0.05, 0) is 43.2 Å². The summed E-state index contributed by atoms with van der Waals surface area (Å²) in [5.41, 5.74) is 0.0247. The molecule has 14 nitrogen and oxygen atoms in total. The van der Waals surface area contributed by atoms with Gasteiger partial charge in [0.1, 0.15) is 47.6 Å². The zero-order valence-corrected chi connectivity index (χ0v) is 24.5. The Labute approximate surface area is 255 Å². The smallest absolute Gasteiger partial charge is 0.407 e. The summed E-state index contributed by atoms with van der Waals surface area (Å²) < 4.78 is 38.8. The predicted octanol–water partition coefficient (Wildman–Crippen LogP) is 2.51. The van der Waals surface area contributed by atoms with Crippen molar-refractivity contribution in [2.45, 2.75) is 32.0 Å². The number of imidazole rings is 1. The number of carbonyl (C=O) groups excluding carboxylic acids is 3. The number of pyridine rings is 1. The van der Waals surface area contributed by atoms with Gasteiger partial charge in [-0.25, -0.2) is 23.5 Å². The second kappa shape index (κ2) is 14.7. The first kappa shape index (κ1) is 32.2. The molecule has 0 saturated heterocycles. The number of methoxy groups -OCH3 is 1. The molecule has 3 aromatic heterocycles. The van der Waals surface area contributed by atoms with Crippen LogP contribution in [-0.2, 0) is 27.5 Å². The lowest BCUT2D eigenvalue weighted by atomic mass is 10.1. The van der Waals surface area contributed by atoms with Crippen LogP contribution in [0.25, 0.3) is 11.2 Å². The molecule has 16 heteroatoms. The zero-order chi connectivity index (χ0) is 32.5. The van der Waals surface area contributed by atoms with Crippen LogP contribution in [0.5, 0.6) is 5.88 Å². The number of alkyl carbamates (subject to hydrolysis) is 1. The van der Waals surface area contributed by atoms with Gasteiger partial charge in [-0.2, -0.15) is 4.98 Å². The van der Waals surface area contributed by atoms with Crippen LogP contribution in [0.2, 0.25) is 0 Å². The minimum Gasteiger partial charge on any atom is -0.471 e. The summed E-state index contributed by atoms with van der Waals surface area (Å²) >= 11 is 0. The van der Waals surface area contributed by atoms with E-state index in [4.69, 9.17) is 4.74 Å². The number of likely N-dealkylation sites (N-methyl/N-ethyl adjacent to an activating group) is 1. The quantitative estimate of drug-likeness (QED) is 0.200. The van der Waals surface area contributed by atoms with Crippen LogP contribution in [0.4, 0.5) is 19.3 Å². The van der Waals surface area contributed by atoms with Gasteiger partial charge in [0, 0.05) is 31.9 Å². The summed E-state index contributed by atoms with van der Waals surface area (Å²) in [5.74, 6) is -2.00. The Hall–Kier alpha value is -5.67. The number of allylic oxidation sites excluding steroid dienone is 1. The molecule has 4 rings (SSSR count). The Kier molecular flexibility index (Phi) is 10.5. The normalized spacial score (nSPS) is 11.8. The number of rotatable bonds is 12. The number of halogens is 2. The van der Waals surface area contributed by atoms with Crippen molar-refractivity contribution in [2.75, 3.05) is 26.5 Å². The highest BCUT2D eigenvalue weighted by Gasteiger charge is 2.22. The number of aromatic nitrogens is 5. The number of H-pyrrole nitrogens is 1. The van der Waals surface area contributed by atoms with Crippen molar-refractivity contribution in [3.63, 3.8) is 0 Å². The maximum Gasteiger partial charge on any atom is 0.407 e. The second-order valence-electron chi connectivity index (χ2n) is 9.83. The molecular formula is C29H30F2N8O6. The molecule has 45 heavy (non-hydrogen) atoms. The fraction of sp³-hybridized carbons (Fsp3) is 0.276. The van der Waals surface area contributed by atoms with Crippen molar-refractivity contribution in [3.05, 3.63) is 88.4 Å². The molecule has 0 aliphatic heterocycles. The molecule has 4 aromatic rings. The molecular weight excluding hydrogens is 594 g/mol. The minimum absolute atomic E-state index is 0.0561. The lowest BCUT2D eigenvalue weighted by molar-refractivity contribution is -0.123. The van der Waals surface area contributed by atoms with E-state index in [1.807, 2.05) is 0 Å². The Bertz CT molecular complexity index is 1790. The lowest BCUT2D eigenvalue weighted by Crippen LogP contribution is -2.44. The Morgan fingerprint density at radius 2 is 1.98 bits per heavy atom. The maximum atomic E-state index is 14.0. The van der Waals surface area contributed by atoms with Gasteiger partial charge < -0.3 is 34.6 Å². The van der Waals surface area contributed by atoms with Gasteiger partial charge in [-0.1, -0.05) is 6.08 Å². The third kappa shape index (κ3) is 8.46. The van der Waals surface area contributed by atoms with Gasteiger partial charge in [0.05, 0.1) is 13.7 Å². The van der Waals surface area contributed by atoms with E-state index in [1.54, 1.807) is 26.2 Å². The topological polar surface area (TPSA) is 173 Å². The molecule has 0 aliphatic rings. The molecule has 1 aromatic carbocycles. The van der Waals surface area contributed by atoms with Crippen LogP contribution in [-0.4, -0.2) is 74.6 Å². The van der Waals surface area contributed by atoms with E-state index >= 15 is 0 Å². The molecule has 0 radical (unpaired) electrons. The molecule has 0 saturated carbocycles. The Balaban J connectivity index is 1.47. The van der Waals surface area contributed by atoms with Gasteiger partial charge >= 0.3 is 6.09 Å². The molecule has 0 fully saturated rings. The van der Waals surface area contributed by atoms with E-state index in [1.165, 1.54) is 40.2 Å². The fourth-order valence-corrected chi connectivity index (χ4v) is 4.03. The largest absolute Gasteiger partial charge is 0.471 e. The number of aromatic amines is 1. The van der Waals surface area contributed by atoms with Crippen molar-refractivity contribution in [2.24, 2.45) is 0 Å². The number of hydrogen-bond donors (Lipinski definition) is 3. The predicted molar refractivity (Wildman–Crippen MR) is 157 cm³/mol. The van der Waals surface area contributed by atoms with Gasteiger partial charge in [-0.3, -0.25) is 14.4 Å². The van der Waals surface area contributed by atoms with E-state index in [0.717, 1.165) is 19.2 Å². The molecule has 3 heterocycles. The van der Waals surface area contributed by atoms with E-state index < -0.39 is 35.2 Å². The molecule has 0 spiro atoms. The molecule has 0 unspecified atom stereocenters. The number of ether oxygens (including phenoxy) is 2. The van der Waals surface area contributed by atoms with Crippen LogP contribution in [0.15, 0.2) is 59.8 Å². The summed E-state index contributed by atoms with van der Waals surface area (Å²) in [5, 5.41) is 4.97. The maximum absolute atomic E-state index is 14.0. The number of hydrogen-bond acceptors (Lipinski definition) is 9. The number of carbonyl (C=O) groups is 3. The van der Waals surface area contributed by atoms with Crippen molar-refractivity contribution in [1.29, 1.82) is 0 Å². The fourth-order valence-electron chi connectivity index (χ4n) is 4.03. The molecule has 3 N–H and O–H groups in total. The van der Waals surface area contributed by atoms with Gasteiger partial charge in [0.2, 0.25) is 17.7 Å². The highest BCUT2D eigenvalue weighted by atomic mass is 19.1. The Morgan fingerprint density at radius 3 is 2.71 bits per heavy atom. The van der Waals surface area contributed by atoms with Gasteiger partial charge in [-0.15, -0.1) is 0 Å². The van der Waals surface area contributed by atoms with Crippen LogP contribution >= 0.6 is 0 Å². The highest BCUT2D eigenvalue weighted by molar-refractivity contribution is 5.96. The van der Waals surface area contributed by atoms with Crippen molar-refractivity contribution >= 4 is 34.8 Å². The summed E-state index contributed by atoms with van der Waals surface area (Å²) in [7, 11) is 4.35. The molecule has 0 bridgehead atoms. The number of nitrogens with zero attached hydrogens (tertiary/aromatic N) is 5. The second-order valence-corrected chi connectivity index (χ2v) is 9.83. The van der Waals surface area contributed by atoms with Gasteiger partial charge in [0.25, 0.3) is 5.56 Å². The standard InChI is InChI=1S/C29H30F2N8O6/c1-38(2)23(40)9-5-4-7-20(35-29(43)44-3)26(41)34-21-8-6-12-39(28(21)42)14-22-36-24-25(37-22)32-16-33-27(24)45-15-17-10-11-18(30)13-19(17)31/h5-6,8-13,16,20H,4,7,14-15H2,1-3H3,(H,34,41)(H,35,43)(H,32,33,36,37)/b9-5+/t20-/m0/s1. The minimum atomic E-state index is -1.07. The molecule has 3 amide bonds. The number of amides is 3. The third-order valence-corrected chi connectivity index (χ3v) is 6.40. The molecule has 1 atom stereocenters. The average molecular weight is 625 g/mol. The number of benzene rings is 1. The Morgan fingerprint density at radius 1 is 1.18 bits per heavy atom. The van der Waals surface area contributed by atoms with E-state index in [0.29, 0.717) is 11.3 Å². The summed E-state index contributed by atoms with van der Waals surface area (Å²) in [4.78, 5) is 66.8. The third-order valence-electron chi connectivity index (χ3n) is 6.40. The number of anilines is 1. The first-order valence-electron chi connectivity index (χ1n) is 13.5. The highest BCUT2D eigenvalue weighted by Crippen LogP contribution is 2.21. The first-order chi connectivity index (χ1) is 21.5. The summed E-state index contributed by atoms with van der Waals surface area (Å²) in [6, 6.07) is 5.01. The molecule has 236 valence electrons. The van der Waals surface area contributed by atoms with E-state index in [2.05, 4.69) is 35.3 Å². The van der Waals surface area contributed by atoms with E-state index in [9.17, 15) is 28.0 Å². The summed E-state index contributed by atoms with van der Waals surface area (Å²) in [6.07, 6.45) is 5.19. The SMILES string of the molecule is COC(=O)N[C@@H](CC/C=C/C(=O)N(C)C)C(=O)Nc1cccn(Cc2nc3ncnc(OCc4ccc(F)cc4F)c3[nH]2)c1=O. The number of fused-ring (bicyclic) bond motifs is 1. The number of nitrogens with one attached hydrogen (secondary N) is 3. The summed E-state index contributed by atoms with van der Waals surface area (Å²) in [6.45, 7) is -0.288. The van der Waals surface area contributed by atoms with Crippen molar-refractivity contribution < 1.29 is 32.6 Å². The lowest BCUT2D eigenvalue weighted by Gasteiger charge is -2.17. The average Bonchev–Trinajstić information content (AvgIpc) is 3.43. The van der Waals surface area contributed by atoms with Crippen LogP contribution in [0, 0.1) is 11.6 Å².